The van der Waals surface area contributed by atoms with E-state index in [4.69, 9.17) is 5.73 Å². The number of hydrogen-bond donors (Lipinski definition) is 1. The maximum absolute atomic E-state index is 5.68. The van der Waals surface area contributed by atoms with E-state index >= 15 is 0 Å². The van der Waals surface area contributed by atoms with Gasteiger partial charge in [0.05, 0.1) is 5.54 Å². The Balaban J connectivity index is 2.27. The van der Waals surface area contributed by atoms with Crippen molar-refractivity contribution in [2.24, 2.45) is 0 Å². The Morgan fingerprint density at radius 1 is 1.31 bits per heavy atom. The SMILES string of the molecule is CC1(n2nnnc2N)CCCCC1. The van der Waals surface area contributed by atoms with Gasteiger partial charge in [0, 0.05) is 0 Å². The molecular weight excluding hydrogens is 166 g/mol. The van der Waals surface area contributed by atoms with Crippen LogP contribution in [0.5, 0.6) is 0 Å². The first kappa shape index (κ1) is 8.47. The Kier molecular flexibility index (Phi) is 1.94. The van der Waals surface area contributed by atoms with E-state index in [1.54, 1.807) is 4.68 Å². The van der Waals surface area contributed by atoms with E-state index < -0.39 is 0 Å². The predicted molar refractivity (Wildman–Crippen MR) is 49.0 cm³/mol. The highest BCUT2D eigenvalue weighted by Crippen LogP contribution is 2.34. The maximum atomic E-state index is 5.68. The van der Waals surface area contributed by atoms with Gasteiger partial charge in [-0.15, -0.1) is 0 Å². The summed E-state index contributed by atoms with van der Waals surface area (Å²) in [6.45, 7) is 2.18. The van der Waals surface area contributed by atoms with Crippen molar-refractivity contribution in [3.8, 4) is 0 Å². The number of nitrogens with zero attached hydrogens (tertiary/aromatic N) is 4. The zero-order chi connectivity index (χ0) is 9.31. The summed E-state index contributed by atoms with van der Waals surface area (Å²) in [5.74, 6) is 0.435. The first-order valence-electron chi connectivity index (χ1n) is 4.77. The van der Waals surface area contributed by atoms with E-state index in [0.717, 1.165) is 12.8 Å². The van der Waals surface area contributed by atoms with Gasteiger partial charge in [0.1, 0.15) is 0 Å². The van der Waals surface area contributed by atoms with Crippen LogP contribution >= 0.6 is 0 Å². The molecule has 1 aromatic heterocycles. The standard InChI is InChI=1S/C8H15N5/c1-8(5-3-2-4-6-8)13-7(9)10-11-12-13/h2-6H2,1H3,(H2,9,10,12). The molecule has 1 aliphatic rings. The molecule has 1 aromatic rings. The van der Waals surface area contributed by atoms with E-state index in [9.17, 15) is 0 Å². The summed E-state index contributed by atoms with van der Waals surface area (Å²) >= 11 is 0. The van der Waals surface area contributed by atoms with Crippen LogP contribution in [-0.2, 0) is 5.54 Å². The summed E-state index contributed by atoms with van der Waals surface area (Å²) in [4.78, 5) is 0. The van der Waals surface area contributed by atoms with Gasteiger partial charge in [-0.3, -0.25) is 0 Å². The molecule has 2 N–H and O–H groups in total. The van der Waals surface area contributed by atoms with Crippen molar-refractivity contribution in [2.45, 2.75) is 44.6 Å². The predicted octanol–water partition coefficient (Wildman–Crippen LogP) is 0.935. The molecule has 0 atom stereocenters. The fraction of sp³-hybridized carbons (Fsp3) is 0.875. The molecule has 0 aromatic carbocycles. The average Bonchev–Trinajstić information content (AvgIpc) is 2.53. The van der Waals surface area contributed by atoms with Gasteiger partial charge in [-0.05, 0) is 30.2 Å². The number of nitrogen functional groups attached to an aromatic ring is 1. The van der Waals surface area contributed by atoms with Gasteiger partial charge >= 0.3 is 0 Å². The molecule has 2 rings (SSSR count). The molecule has 0 aliphatic heterocycles. The molecule has 0 unspecified atom stereocenters. The van der Waals surface area contributed by atoms with Gasteiger partial charge in [-0.1, -0.05) is 24.4 Å². The molecule has 1 fully saturated rings. The van der Waals surface area contributed by atoms with Gasteiger partial charge in [0.15, 0.2) is 0 Å². The molecule has 5 heteroatoms. The highest BCUT2D eigenvalue weighted by atomic mass is 15.6. The molecule has 1 aliphatic carbocycles. The van der Waals surface area contributed by atoms with Crippen molar-refractivity contribution in [3.63, 3.8) is 0 Å². The Morgan fingerprint density at radius 3 is 2.54 bits per heavy atom. The summed E-state index contributed by atoms with van der Waals surface area (Å²) in [5, 5.41) is 11.2. The van der Waals surface area contributed by atoms with E-state index in [-0.39, 0.29) is 5.54 Å². The lowest BCUT2D eigenvalue weighted by Crippen LogP contribution is -2.34. The largest absolute Gasteiger partial charge is 0.367 e. The van der Waals surface area contributed by atoms with E-state index in [0.29, 0.717) is 5.95 Å². The summed E-state index contributed by atoms with van der Waals surface area (Å²) in [6, 6.07) is 0. The zero-order valence-corrected chi connectivity index (χ0v) is 7.90. The Bertz CT molecular complexity index is 286. The van der Waals surface area contributed by atoms with Crippen LogP contribution in [0.1, 0.15) is 39.0 Å². The van der Waals surface area contributed by atoms with Gasteiger partial charge < -0.3 is 5.73 Å². The lowest BCUT2D eigenvalue weighted by atomic mass is 9.83. The lowest BCUT2D eigenvalue weighted by Gasteiger charge is -2.33. The molecule has 0 bridgehead atoms. The van der Waals surface area contributed by atoms with Crippen molar-refractivity contribution in [3.05, 3.63) is 0 Å². The molecular formula is C8H15N5. The van der Waals surface area contributed by atoms with Crippen LogP contribution in [0.4, 0.5) is 5.95 Å². The van der Waals surface area contributed by atoms with Crippen molar-refractivity contribution < 1.29 is 0 Å². The second-order valence-corrected chi connectivity index (χ2v) is 4.01. The zero-order valence-electron chi connectivity index (χ0n) is 7.90. The first-order chi connectivity index (χ1) is 6.22. The third-order valence-electron chi connectivity index (χ3n) is 2.94. The number of hydrogen-bond acceptors (Lipinski definition) is 4. The minimum absolute atomic E-state index is 0.0475. The van der Waals surface area contributed by atoms with Crippen LogP contribution in [0.3, 0.4) is 0 Å². The second-order valence-electron chi connectivity index (χ2n) is 4.01. The summed E-state index contributed by atoms with van der Waals surface area (Å²) in [6.07, 6.45) is 6.06. The van der Waals surface area contributed by atoms with Gasteiger partial charge in [-0.25, -0.2) is 4.68 Å². The number of nitrogens with two attached hydrogens (primary N) is 1. The van der Waals surface area contributed by atoms with Gasteiger partial charge in [0.2, 0.25) is 5.95 Å². The molecule has 0 saturated heterocycles. The van der Waals surface area contributed by atoms with Gasteiger partial charge in [-0.2, -0.15) is 0 Å². The van der Waals surface area contributed by atoms with Crippen LogP contribution in [0.15, 0.2) is 0 Å². The van der Waals surface area contributed by atoms with Crippen LogP contribution in [0.2, 0.25) is 0 Å². The molecule has 1 heterocycles. The fourth-order valence-electron chi connectivity index (χ4n) is 2.10. The highest BCUT2D eigenvalue weighted by Gasteiger charge is 2.31. The second kappa shape index (κ2) is 2.97. The minimum Gasteiger partial charge on any atom is -0.367 e. The Labute approximate surface area is 77.3 Å². The number of anilines is 1. The van der Waals surface area contributed by atoms with E-state index in [2.05, 4.69) is 22.4 Å². The Morgan fingerprint density at radius 2 is 2.00 bits per heavy atom. The lowest BCUT2D eigenvalue weighted by molar-refractivity contribution is 0.197. The van der Waals surface area contributed by atoms with Crippen molar-refractivity contribution in [2.75, 3.05) is 5.73 Å². The molecule has 0 radical (unpaired) electrons. The van der Waals surface area contributed by atoms with Gasteiger partial charge in [0.25, 0.3) is 0 Å². The van der Waals surface area contributed by atoms with Crippen LogP contribution in [0.25, 0.3) is 0 Å². The molecule has 72 valence electrons. The molecule has 5 nitrogen and oxygen atoms in total. The Hall–Kier alpha value is -1.13. The fourth-order valence-corrected chi connectivity index (χ4v) is 2.10. The normalized spacial score (nSPS) is 21.6. The van der Waals surface area contributed by atoms with E-state index in [1.807, 2.05) is 0 Å². The van der Waals surface area contributed by atoms with Crippen LogP contribution in [0, 0.1) is 0 Å². The van der Waals surface area contributed by atoms with Crippen LogP contribution in [-0.4, -0.2) is 20.2 Å². The summed E-state index contributed by atoms with van der Waals surface area (Å²) in [5.41, 5.74) is 5.73. The molecule has 0 spiro atoms. The first-order valence-corrected chi connectivity index (χ1v) is 4.77. The third kappa shape index (κ3) is 1.38. The monoisotopic (exact) mass is 181 g/mol. The van der Waals surface area contributed by atoms with Crippen molar-refractivity contribution in [1.82, 2.24) is 20.2 Å². The topological polar surface area (TPSA) is 69.6 Å². The minimum atomic E-state index is 0.0475. The smallest absolute Gasteiger partial charge is 0.240 e. The van der Waals surface area contributed by atoms with Crippen LogP contribution < -0.4 is 5.73 Å². The van der Waals surface area contributed by atoms with Crippen molar-refractivity contribution >= 4 is 5.95 Å². The number of tetrazole rings is 1. The van der Waals surface area contributed by atoms with Crippen molar-refractivity contribution in [1.29, 1.82) is 0 Å². The maximum Gasteiger partial charge on any atom is 0.240 e. The summed E-state index contributed by atoms with van der Waals surface area (Å²) < 4.78 is 1.77. The molecule has 13 heavy (non-hydrogen) atoms. The number of aromatic nitrogens is 4. The quantitative estimate of drug-likeness (QED) is 0.699. The molecule has 1 saturated carbocycles. The summed E-state index contributed by atoms with van der Waals surface area (Å²) in [7, 11) is 0. The third-order valence-corrected chi connectivity index (χ3v) is 2.94. The molecule has 0 amide bonds. The highest BCUT2D eigenvalue weighted by molar-refractivity contribution is 5.13. The average molecular weight is 181 g/mol. The van der Waals surface area contributed by atoms with E-state index in [1.165, 1.54) is 19.3 Å². The number of rotatable bonds is 1.